The second kappa shape index (κ2) is 6.99. The molecule has 0 heterocycles. The zero-order valence-corrected chi connectivity index (χ0v) is 11.5. The van der Waals surface area contributed by atoms with Gasteiger partial charge in [-0.05, 0) is 24.3 Å². The summed E-state index contributed by atoms with van der Waals surface area (Å²) in [5, 5.41) is 13.5. The van der Waals surface area contributed by atoms with Crippen molar-refractivity contribution < 1.29 is 14.0 Å². The summed E-state index contributed by atoms with van der Waals surface area (Å²) in [6, 6.07) is 13.8. The van der Waals surface area contributed by atoms with E-state index in [0.29, 0.717) is 11.4 Å². The Labute approximate surface area is 126 Å². The third-order valence-electron chi connectivity index (χ3n) is 2.81. The summed E-state index contributed by atoms with van der Waals surface area (Å²) in [4.78, 5) is 23.6. The molecule has 0 aromatic heterocycles. The topological polar surface area (TPSA) is 82.0 Å². The van der Waals surface area contributed by atoms with Crippen molar-refractivity contribution in [2.24, 2.45) is 0 Å². The average molecular weight is 297 g/mol. The highest BCUT2D eigenvalue weighted by atomic mass is 19.1. The van der Waals surface area contributed by atoms with E-state index in [0.717, 1.165) is 0 Å². The van der Waals surface area contributed by atoms with E-state index >= 15 is 0 Å². The number of amides is 2. The number of hydrogen-bond acceptors (Lipinski definition) is 3. The van der Waals surface area contributed by atoms with Gasteiger partial charge in [0.1, 0.15) is 12.2 Å². The van der Waals surface area contributed by atoms with Gasteiger partial charge in [0.15, 0.2) is 0 Å². The molecule has 0 atom stereocenters. The Bertz CT molecular complexity index is 753. The highest BCUT2D eigenvalue weighted by Crippen LogP contribution is 2.22. The minimum absolute atomic E-state index is 0.0966. The summed E-state index contributed by atoms with van der Waals surface area (Å²) >= 11 is 0. The number of benzene rings is 2. The maximum atomic E-state index is 13.6. The highest BCUT2D eigenvalue weighted by Gasteiger charge is 2.13. The minimum Gasteiger partial charge on any atom is -0.323 e. The molecular formula is C16H12FN3O2. The fourth-order valence-electron chi connectivity index (χ4n) is 1.80. The molecule has 0 saturated heterocycles. The summed E-state index contributed by atoms with van der Waals surface area (Å²) in [5.41, 5.74) is 0.565. The molecule has 6 heteroatoms. The molecule has 110 valence electrons. The summed E-state index contributed by atoms with van der Waals surface area (Å²) in [6.45, 7) is 0. The monoisotopic (exact) mass is 297 g/mol. The first kappa shape index (κ1) is 15.2. The Hall–Kier alpha value is -3.20. The molecule has 0 bridgehead atoms. The van der Waals surface area contributed by atoms with Crippen molar-refractivity contribution in [2.75, 3.05) is 10.6 Å². The van der Waals surface area contributed by atoms with Crippen LogP contribution in [0.5, 0.6) is 0 Å². The van der Waals surface area contributed by atoms with Gasteiger partial charge in [0.25, 0.3) is 5.91 Å². The van der Waals surface area contributed by atoms with Crippen molar-refractivity contribution in [2.45, 2.75) is 6.42 Å². The number of rotatable bonds is 4. The van der Waals surface area contributed by atoms with E-state index in [4.69, 9.17) is 5.26 Å². The molecule has 22 heavy (non-hydrogen) atoms. The number of carbonyl (C=O) groups excluding carboxylic acids is 2. The number of para-hydroxylation sites is 2. The van der Waals surface area contributed by atoms with Gasteiger partial charge in [0.2, 0.25) is 5.91 Å². The van der Waals surface area contributed by atoms with E-state index < -0.39 is 17.6 Å². The predicted molar refractivity (Wildman–Crippen MR) is 79.7 cm³/mol. The average Bonchev–Trinajstić information content (AvgIpc) is 2.50. The first-order valence-electron chi connectivity index (χ1n) is 6.43. The number of nitriles is 1. The summed E-state index contributed by atoms with van der Waals surface area (Å²) < 4.78 is 13.6. The van der Waals surface area contributed by atoms with Crippen LogP contribution in [-0.4, -0.2) is 11.8 Å². The smallest absolute Gasteiger partial charge is 0.258 e. The van der Waals surface area contributed by atoms with Gasteiger partial charge in [-0.15, -0.1) is 0 Å². The van der Waals surface area contributed by atoms with Crippen LogP contribution in [0, 0.1) is 17.1 Å². The Morgan fingerprint density at radius 3 is 2.23 bits per heavy atom. The highest BCUT2D eigenvalue weighted by molar-refractivity contribution is 6.07. The quantitative estimate of drug-likeness (QED) is 0.910. The number of nitrogens with one attached hydrogen (secondary N) is 2. The van der Waals surface area contributed by atoms with Crippen molar-refractivity contribution >= 4 is 23.2 Å². The van der Waals surface area contributed by atoms with Crippen molar-refractivity contribution in [1.82, 2.24) is 0 Å². The molecule has 2 aromatic rings. The van der Waals surface area contributed by atoms with E-state index in [1.165, 1.54) is 18.2 Å². The van der Waals surface area contributed by atoms with Crippen molar-refractivity contribution in [3.05, 3.63) is 59.9 Å². The molecule has 0 fully saturated rings. The standard InChI is InChI=1S/C16H12FN3O2/c17-12-6-2-1-5-11(12)16(22)20-14-8-4-3-7-13(14)19-15(21)9-10-18/h1-8H,9H2,(H,19,21)(H,20,22). The van der Waals surface area contributed by atoms with E-state index in [9.17, 15) is 14.0 Å². The van der Waals surface area contributed by atoms with Crippen LogP contribution in [0.1, 0.15) is 16.8 Å². The largest absolute Gasteiger partial charge is 0.323 e. The van der Waals surface area contributed by atoms with Gasteiger partial charge in [-0.1, -0.05) is 24.3 Å². The maximum absolute atomic E-state index is 13.6. The maximum Gasteiger partial charge on any atom is 0.258 e. The number of anilines is 2. The first-order valence-corrected chi connectivity index (χ1v) is 6.43. The van der Waals surface area contributed by atoms with Crippen LogP contribution in [0.4, 0.5) is 15.8 Å². The van der Waals surface area contributed by atoms with Crippen molar-refractivity contribution in [1.29, 1.82) is 5.26 Å². The summed E-state index contributed by atoms with van der Waals surface area (Å²) in [6.07, 6.45) is -0.296. The van der Waals surface area contributed by atoms with Gasteiger partial charge < -0.3 is 10.6 Å². The number of carbonyl (C=O) groups is 2. The summed E-state index contributed by atoms with van der Waals surface area (Å²) in [5.74, 6) is -1.75. The fourth-order valence-corrected chi connectivity index (χ4v) is 1.80. The molecule has 2 rings (SSSR count). The molecule has 2 N–H and O–H groups in total. The van der Waals surface area contributed by atoms with Crippen molar-refractivity contribution in [3.63, 3.8) is 0 Å². The van der Waals surface area contributed by atoms with Gasteiger partial charge in [-0.3, -0.25) is 9.59 Å². The molecule has 0 aliphatic rings. The number of halogens is 1. The molecule has 0 aliphatic carbocycles. The van der Waals surface area contributed by atoms with Gasteiger partial charge in [0, 0.05) is 0 Å². The molecule has 5 nitrogen and oxygen atoms in total. The zero-order chi connectivity index (χ0) is 15.9. The Morgan fingerprint density at radius 2 is 1.59 bits per heavy atom. The molecule has 2 amide bonds. The second-order valence-electron chi connectivity index (χ2n) is 4.36. The molecule has 0 saturated carbocycles. The molecule has 0 unspecified atom stereocenters. The van der Waals surface area contributed by atoms with Crippen molar-refractivity contribution in [3.8, 4) is 6.07 Å². The van der Waals surface area contributed by atoms with Crippen LogP contribution >= 0.6 is 0 Å². The zero-order valence-electron chi connectivity index (χ0n) is 11.5. The van der Waals surface area contributed by atoms with Crippen LogP contribution in [0.2, 0.25) is 0 Å². The van der Waals surface area contributed by atoms with E-state index in [-0.39, 0.29) is 12.0 Å². The first-order chi connectivity index (χ1) is 10.6. The van der Waals surface area contributed by atoms with Gasteiger partial charge in [-0.2, -0.15) is 5.26 Å². The van der Waals surface area contributed by atoms with Crippen LogP contribution in [-0.2, 0) is 4.79 Å². The molecule has 0 spiro atoms. The third kappa shape index (κ3) is 3.67. The Kier molecular flexibility index (Phi) is 4.83. The van der Waals surface area contributed by atoms with E-state index in [1.54, 1.807) is 36.4 Å². The van der Waals surface area contributed by atoms with Crippen LogP contribution in [0.25, 0.3) is 0 Å². The van der Waals surface area contributed by atoms with Crippen LogP contribution < -0.4 is 10.6 Å². The Morgan fingerprint density at radius 1 is 1.00 bits per heavy atom. The van der Waals surface area contributed by atoms with Gasteiger partial charge in [0.05, 0.1) is 23.0 Å². The van der Waals surface area contributed by atoms with Gasteiger partial charge in [-0.25, -0.2) is 4.39 Å². The van der Waals surface area contributed by atoms with E-state index in [1.807, 2.05) is 0 Å². The minimum atomic E-state index is -0.633. The SMILES string of the molecule is N#CCC(=O)Nc1ccccc1NC(=O)c1ccccc1F. The lowest BCUT2D eigenvalue weighted by Gasteiger charge is -2.11. The van der Waals surface area contributed by atoms with Crippen LogP contribution in [0.15, 0.2) is 48.5 Å². The second-order valence-corrected chi connectivity index (χ2v) is 4.36. The number of nitrogens with zero attached hydrogens (tertiary/aromatic N) is 1. The van der Waals surface area contributed by atoms with Gasteiger partial charge >= 0.3 is 0 Å². The molecule has 0 aliphatic heterocycles. The summed E-state index contributed by atoms with van der Waals surface area (Å²) in [7, 11) is 0. The van der Waals surface area contributed by atoms with Crippen LogP contribution in [0.3, 0.4) is 0 Å². The lowest BCUT2D eigenvalue weighted by molar-refractivity contribution is -0.115. The predicted octanol–water partition coefficient (Wildman–Crippen LogP) is 2.93. The van der Waals surface area contributed by atoms with E-state index in [2.05, 4.69) is 10.6 Å². The molecule has 2 aromatic carbocycles. The molecule has 0 radical (unpaired) electrons. The number of hydrogen-bond donors (Lipinski definition) is 2. The lowest BCUT2D eigenvalue weighted by Crippen LogP contribution is -2.17. The third-order valence-corrected chi connectivity index (χ3v) is 2.81. The lowest BCUT2D eigenvalue weighted by atomic mass is 10.2. The normalized spacial score (nSPS) is 9.64. The Balaban J connectivity index is 2.20. The fraction of sp³-hybridized carbons (Fsp3) is 0.0625. The molecular weight excluding hydrogens is 285 g/mol.